The zero-order valence-corrected chi connectivity index (χ0v) is 13.2. The Bertz CT molecular complexity index is 402. The monoisotopic (exact) mass is 276 g/mol. The number of morpholine rings is 1. The van der Waals surface area contributed by atoms with Crippen LogP contribution in [0.3, 0.4) is 0 Å². The van der Waals surface area contributed by atoms with Crippen molar-refractivity contribution in [1.82, 2.24) is 10.2 Å². The first-order chi connectivity index (χ1) is 9.61. The quantitative estimate of drug-likeness (QED) is 0.895. The Morgan fingerprint density at radius 3 is 2.45 bits per heavy atom. The third-order valence-electron chi connectivity index (χ3n) is 4.05. The van der Waals surface area contributed by atoms with Gasteiger partial charge in [-0.2, -0.15) is 0 Å². The summed E-state index contributed by atoms with van der Waals surface area (Å²) in [4.78, 5) is 2.35. The van der Waals surface area contributed by atoms with E-state index in [4.69, 9.17) is 4.74 Å². The highest BCUT2D eigenvalue weighted by Gasteiger charge is 2.27. The van der Waals surface area contributed by atoms with E-state index in [0.717, 1.165) is 26.2 Å². The Hall–Kier alpha value is -0.900. The first-order valence-corrected chi connectivity index (χ1v) is 7.75. The molecule has 0 bridgehead atoms. The van der Waals surface area contributed by atoms with Gasteiger partial charge in [0, 0.05) is 13.1 Å². The lowest BCUT2D eigenvalue weighted by Gasteiger charge is -2.35. The Morgan fingerprint density at radius 1 is 1.25 bits per heavy atom. The van der Waals surface area contributed by atoms with Crippen molar-refractivity contribution in [2.75, 3.05) is 33.3 Å². The number of benzene rings is 1. The summed E-state index contributed by atoms with van der Waals surface area (Å²) in [7, 11) is 2.17. The molecule has 0 saturated carbocycles. The summed E-state index contributed by atoms with van der Waals surface area (Å²) in [6.07, 6.45) is 0.235. The molecule has 2 atom stereocenters. The predicted molar refractivity (Wildman–Crippen MR) is 84.2 cm³/mol. The van der Waals surface area contributed by atoms with E-state index in [9.17, 15) is 0 Å². The number of rotatable bonds is 5. The van der Waals surface area contributed by atoms with Crippen molar-refractivity contribution in [1.29, 1.82) is 0 Å². The molecule has 20 heavy (non-hydrogen) atoms. The molecular formula is C17H28N2O. The number of hydrogen-bond acceptors (Lipinski definition) is 3. The van der Waals surface area contributed by atoms with Crippen molar-refractivity contribution >= 4 is 0 Å². The van der Waals surface area contributed by atoms with Crippen molar-refractivity contribution in [3.63, 3.8) is 0 Å². The molecule has 3 nitrogen and oxygen atoms in total. The van der Waals surface area contributed by atoms with Crippen molar-refractivity contribution in [3.05, 3.63) is 35.4 Å². The molecule has 1 N–H and O–H groups in total. The Labute approximate surface area is 123 Å². The molecular weight excluding hydrogens is 248 g/mol. The van der Waals surface area contributed by atoms with Gasteiger partial charge in [0.15, 0.2) is 0 Å². The van der Waals surface area contributed by atoms with E-state index in [1.807, 2.05) is 0 Å². The molecule has 1 aromatic rings. The van der Waals surface area contributed by atoms with Crippen molar-refractivity contribution < 1.29 is 4.74 Å². The lowest BCUT2D eigenvalue weighted by Crippen LogP contribution is -2.46. The number of likely N-dealkylation sites (N-methyl/N-ethyl adjacent to an activating group) is 2. The van der Waals surface area contributed by atoms with E-state index in [1.165, 1.54) is 11.1 Å². The molecule has 0 spiro atoms. The molecule has 0 radical (unpaired) electrons. The lowest BCUT2D eigenvalue weighted by atomic mass is 9.96. The summed E-state index contributed by atoms with van der Waals surface area (Å²) < 4.78 is 5.99. The van der Waals surface area contributed by atoms with E-state index in [-0.39, 0.29) is 12.1 Å². The molecule has 112 valence electrons. The van der Waals surface area contributed by atoms with Crippen molar-refractivity contribution in [3.8, 4) is 0 Å². The maximum atomic E-state index is 5.99. The smallest absolute Gasteiger partial charge is 0.0896 e. The van der Waals surface area contributed by atoms with E-state index in [1.54, 1.807) is 0 Å². The van der Waals surface area contributed by atoms with E-state index >= 15 is 0 Å². The van der Waals surface area contributed by atoms with Crippen LogP contribution in [0, 0.1) is 0 Å². The largest absolute Gasteiger partial charge is 0.374 e. The van der Waals surface area contributed by atoms with Gasteiger partial charge in [0.05, 0.1) is 18.8 Å². The highest BCUT2D eigenvalue weighted by Crippen LogP contribution is 2.24. The molecule has 1 fully saturated rings. The van der Waals surface area contributed by atoms with Gasteiger partial charge >= 0.3 is 0 Å². The predicted octanol–water partition coefficient (Wildman–Crippen LogP) is 2.79. The highest BCUT2D eigenvalue weighted by atomic mass is 16.5. The van der Waals surface area contributed by atoms with Gasteiger partial charge in [0.25, 0.3) is 0 Å². The van der Waals surface area contributed by atoms with Crippen LogP contribution in [0.5, 0.6) is 0 Å². The van der Waals surface area contributed by atoms with Gasteiger partial charge in [-0.25, -0.2) is 0 Å². The lowest BCUT2D eigenvalue weighted by molar-refractivity contribution is -0.0390. The van der Waals surface area contributed by atoms with E-state index < -0.39 is 0 Å². The summed E-state index contributed by atoms with van der Waals surface area (Å²) in [6.45, 7) is 10.4. The molecule has 2 unspecified atom stereocenters. The van der Waals surface area contributed by atoms with Gasteiger partial charge in [0.1, 0.15) is 0 Å². The summed E-state index contributed by atoms with van der Waals surface area (Å²) in [5, 5.41) is 3.59. The topological polar surface area (TPSA) is 24.5 Å². The van der Waals surface area contributed by atoms with Gasteiger partial charge in [-0.3, -0.25) is 0 Å². The van der Waals surface area contributed by atoms with Crippen molar-refractivity contribution in [2.24, 2.45) is 0 Å². The van der Waals surface area contributed by atoms with Crippen LogP contribution in [0.1, 0.15) is 43.9 Å². The SMILES string of the molecule is CCNC(c1ccc(C(C)C)cc1)C1CN(C)CCO1. The molecule has 0 aliphatic carbocycles. The van der Waals surface area contributed by atoms with Crippen LogP contribution < -0.4 is 5.32 Å². The molecule has 1 aromatic carbocycles. The highest BCUT2D eigenvalue weighted by molar-refractivity contribution is 5.27. The zero-order chi connectivity index (χ0) is 14.5. The Balaban J connectivity index is 2.14. The number of nitrogens with zero attached hydrogens (tertiary/aromatic N) is 1. The Morgan fingerprint density at radius 2 is 1.90 bits per heavy atom. The average Bonchev–Trinajstić information content (AvgIpc) is 2.45. The summed E-state index contributed by atoms with van der Waals surface area (Å²) >= 11 is 0. The minimum Gasteiger partial charge on any atom is -0.374 e. The van der Waals surface area contributed by atoms with Crippen LogP contribution in [0.2, 0.25) is 0 Å². The van der Waals surface area contributed by atoms with Gasteiger partial charge in [-0.1, -0.05) is 45.0 Å². The fraction of sp³-hybridized carbons (Fsp3) is 0.647. The van der Waals surface area contributed by atoms with Crippen LogP contribution in [0.15, 0.2) is 24.3 Å². The zero-order valence-electron chi connectivity index (χ0n) is 13.2. The van der Waals surface area contributed by atoms with Crippen LogP contribution in [-0.2, 0) is 4.74 Å². The second-order valence-corrected chi connectivity index (χ2v) is 6.03. The van der Waals surface area contributed by atoms with Gasteiger partial charge in [-0.15, -0.1) is 0 Å². The summed E-state index contributed by atoms with van der Waals surface area (Å²) in [6, 6.07) is 9.28. The maximum absolute atomic E-state index is 5.99. The first-order valence-electron chi connectivity index (χ1n) is 7.75. The molecule has 3 heteroatoms. The summed E-state index contributed by atoms with van der Waals surface area (Å²) in [5.74, 6) is 0.582. The van der Waals surface area contributed by atoms with E-state index in [2.05, 4.69) is 62.3 Å². The third-order valence-corrected chi connectivity index (χ3v) is 4.05. The molecule has 1 aliphatic heterocycles. The van der Waals surface area contributed by atoms with Crippen molar-refractivity contribution in [2.45, 2.75) is 38.8 Å². The Kier molecular flexibility index (Phi) is 5.58. The third kappa shape index (κ3) is 3.81. The fourth-order valence-electron chi connectivity index (χ4n) is 2.78. The van der Waals surface area contributed by atoms with E-state index in [0.29, 0.717) is 5.92 Å². The molecule has 2 rings (SSSR count). The first kappa shape index (κ1) is 15.5. The maximum Gasteiger partial charge on any atom is 0.0896 e. The van der Waals surface area contributed by atoms with Gasteiger partial charge in [0.2, 0.25) is 0 Å². The standard InChI is InChI=1S/C17H28N2O/c1-5-18-17(16-12-19(4)10-11-20-16)15-8-6-14(7-9-15)13(2)3/h6-9,13,16-18H,5,10-12H2,1-4H3. The molecule has 1 heterocycles. The second-order valence-electron chi connectivity index (χ2n) is 6.03. The van der Waals surface area contributed by atoms with Gasteiger partial charge < -0.3 is 15.0 Å². The van der Waals surface area contributed by atoms with Crippen LogP contribution in [0.4, 0.5) is 0 Å². The average molecular weight is 276 g/mol. The molecule has 1 saturated heterocycles. The fourth-order valence-corrected chi connectivity index (χ4v) is 2.78. The normalized spacial score (nSPS) is 22.1. The van der Waals surface area contributed by atoms with Crippen LogP contribution in [0.25, 0.3) is 0 Å². The van der Waals surface area contributed by atoms with Crippen LogP contribution >= 0.6 is 0 Å². The minimum absolute atomic E-state index is 0.235. The number of nitrogens with one attached hydrogen (secondary N) is 1. The number of ether oxygens (including phenoxy) is 1. The molecule has 1 aliphatic rings. The minimum atomic E-state index is 0.235. The molecule has 0 amide bonds. The number of hydrogen-bond donors (Lipinski definition) is 1. The second kappa shape index (κ2) is 7.21. The summed E-state index contributed by atoms with van der Waals surface area (Å²) in [5.41, 5.74) is 2.72. The molecule has 0 aromatic heterocycles. The van der Waals surface area contributed by atoms with Gasteiger partial charge in [-0.05, 0) is 30.6 Å². The van der Waals surface area contributed by atoms with Crippen LogP contribution in [-0.4, -0.2) is 44.3 Å².